The molecule has 0 saturated carbocycles. The molecule has 0 saturated heterocycles. The molecule has 0 unspecified atom stereocenters. The molecule has 0 amide bonds. The van der Waals surface area contributed by atoms with Crippen molar-refractivity contribution in [2.24, 2.45) is 0 Å². The number of carbonyl (C=O) groups excluding carboxylic acids is 1. The van der Waals surface area contributed by atoms with Gasteiger partial charge in [-0.1, -0.05) is 11.6 Å². The van der Waals surface area contributed by atoms with Crippen molar-refractivity contribution in [1.82, 2.24) is 4.98 Å². The third kappa shape index (κ3) is 4.18. The third-order valence-corrected chi connectivity index (χ3v) is 3.64. The van der Waals surface area contributed by atoms with Crippen molar-refractivity contribution in [3.63, 3.8) is 0 Å². The molecule has 0 aliphatic rings. The Morgan fingerprint density at radius 1 is 1.57 bits per heavy atom. The van der Waals surface area contributed by atoms with Gasteiger partial charge in [0.2, 0.25) is 0 Å². The Morgan fingerprint density at radius 2 is 2.38 bits per heavy atom. The van der Waals surface area contributed by atoms with Gasteiger partial charge in [-0.25, -0.2) is 4.98 Å². The van der Waals surface area contributed by atoms with Crippen molar-refractivity contribution >= 4 is 39.7 Å². The molecule has 1 aromatic heterocycles. The third-order valence-electron chi connectivity index (χ3n) is 2.52. The van der Waals surface area contributed by atoms with Gasteiger partial charge in [-0.2, -0.15) is 5.26 Å². The standard InChI is InChI=1S/C14H12ClN3O2S/c1-2-20-13(19)6-10-8-21-14(17-10)18-12-4-3-9(7-16)5-11(12)15/h3-5,8H,2,6H2,1H3,(H,17,18). The van der Waals surface area contributed by atoms with Crippen LogP contribution in [0.25, 0.3) is 0 Å². The second-order valence-electron chi connectivity index (χ2n) is 4.06. The van der Waals surface area contributed by atoms with Crippen molar-refractivity contribution in [2.45, 2.75) is 13.3 Å². The van der Waals surface area contributed by atoms with Crippen molar-refractivity contribution in [3.8, 4) is 6.07 Å². The van der Waals surface area contributed by atoms with E-state index in [9.17, 15) is 4.79 Å². The number of nitrogens with one attached hydrogen (secondary N) is 1. The van der Waals surface area contributed by atoms with E-state index in [0.717, 1.165) is 0 Å². The number of nitrogens with zero attached hydrogens (tertiary/aromatic N) is 2. The summed E-state index contributed by atoms with van der Waals surface area (Å²) in [5.41, 5.74) is 1.80. The lowest BCUT2D eigenvalue weighted by molar-refractivity contribution is -0.142. The van der Waals surface area contributed by atoms with Crippen LogP contribution in [0.3, 0.4) is 0 Å². The molecule has 0 aliphatic carbocycles. The van der Waals surface area contributed by atoms with Crippen LogP contribution in [0.15, 0.2) is 23.6 Å². The van der Waals surface area contributed by atoms with Crippen LogP contribution in [0, 0.1) is 11.3 Å². The van der Waals surface area contributed by atoms with E-state index in [1.54, 1.807) is 30.5 Å². The van der Waals surface area contributed by atoms with Crippen LogP contribution in [0.1, 0.15) is 18.2 Å². The molecule has 2 aromatic rings. The molecular weight excluding hydrogens is 310 g/mol. The lowest BCUT2D eigenvalue weighted by atomic mass is 10.2. The second kappa shape index (κ2) is 7.07. The average Bonchev–Trinajstić information content (AvgIpc) is 2.88. The second-order valence-corrected chi connectivity index (χ2v) is 5.32. The Labute approximate surface area is 131 Å². The average molecular weight is 322 g/mol. The number of anilines is 2. The van der Waals surface area contributed by atoms with Gasteiger partial charge >= 0.3 is 5.97 Å². The highest BCUT2D eigenvalue weighted by molar-refractivity contribution is 7.13. The number of carbonyl (C=O) groups is 1. The highest BCUT2D eigenvalue weighted by Gasteiger charge is 2.09. The molecule has 21 heavy (non-hydrogen) atoms. The zero-order valence-electron chi connectivity index (χ0n) is 11.2. The number of nitriles is 1. The zero-order valence-corrected chi connectivity index (χ0v) is 12.8. The molecule has 0 fully saturated rings. The first-order valence-electron chi connectivity index (χ1n) is 6.19. The Morgan fingerprint density at radius 3 is 3.05 bits per heavy atom. The van der Waals surface area contributed by atoms with Crippen LogP contribution in [0.2, 0.25) is 5.02 Å². The van der Waals surface area contributed by atoms with Gasteiger partial charge in [0.15, 0.2) is 5.13 Å². The fraction of sp³-hybridized carbons (Fsp3) is 0.214. The maximum atomic E-state index is 11.4. The molecule has 108 valence electrons. The number of benzene rings is 1. The van der Waals surface area contributed by atoms with Gasteiger partial charge in [-0.05, 0) is 25.1 Å². The number of hydrogen-bond donors (Lipinski definition) is 1. The smallest absolute Gasteiger partial charge is 0.311 e. The van der Waals surface area contributed by atoms with E-state index in [-0.39, 0.29) is 12.4 Å². The van der Waals surface area contributed by atoms with Crippen LogP contribution in [0.5, 0.6) is 0 Å². The van der Waals surface area contributed by atoms with E-state index in [2.05, 4.69) is 10.3 Å². The molecule has 0 aliphatic heterocycles. The Hall–Kier alpha value is -2.10. The van der Waals surface area contributed by atoms with E-state index in [1.165, 1.54) is 11.3 Å². The fourth-order valence-corrected chi connectivity index (χ4v) is 2.56. The highest BCUT2D eigenvalue weighted by Crippen LogP contribution is 2.28. The largest absolute Gasteiger partial charge is 0.466 e. The van der Waals surface area contributed by atoms with Crippen molar-refractivity contribution in [1.29, 1.82) is 5.26 Å². The highest BCUT2D eigenvalue weighted by atomic mass is 35.5. The number of hydrogen-bond acceptors (Lipinski definition) is 6. The van der Waals surface area contributed by atoms with Gasteiger partial charge in [0.25, 0.3) is 0 Å². The quantitative estimate of drug-likeness (QED) is 0.853. The molecule has 0 spiro atoms. The Balaban J connectivity index is 2.06. The molecule has 0 atom stereocenters. The maximum absolute atomic E-state index is 11.4. The predicted octanol–water partition coefficient (Wildman–Crippen LogP) is 3.52. The fourth-order valence-electron chi connectivity index (χ4n) is 1.61. The van der Waals surface area contributed by atoms with Crippen LogP contribution in [-0.4, -0.2) is 17.6 Å². The maximum Gasteiger partial charge on any atom is 0.311 e. The lowest BCUT2D eigenvalue weighted by Gasteiger charge is -2.05. The van der Waals surface area contributed by atoms with E-state index >= 15 is 0 Å². The molecule has 0 radical (unpaired) electrons. The van der Waals surface area contributed by atoms with Gasteiger partial charge in [0.1, 0.15) is 0 Å². The van der Waals surface area contributed by atoms with E-state index in [1.807, 2.05) is 6.07 Å². The van der Waals surface area contributed by atoms with E-state index < -0.39 is 0 Å². The van der Waals surface area contributed by atoms with E-state index in [4.69, 9.17) is 21.6 Å². The molecule has 5 nitrogen and oxygen atoms in total. The predicted molar refractivity (Wildman–Crippen MR) is 81.9 cm³/mol. The normalized spacial score (nSPS) is 9.95. The van der Waals surface area contributed by atoms with E-state index in [0.29, 0.717) is 33.7 Å². The van der Waals surface area contributed by atoms with Crippen molar-refractivity contribution in [3.05, 3.63) is 39.9 Å². The summed E-state index contributed by atoms with van der Waals surface area (Å²) in [4.78, 5) is 15.7. The van der Waals surface area contributed by atoms with Crippen molar-refractivity contribution < 1.29 is 9.53 Å². The van der Waals surface area contributed by atoms with Crippen LogP contribution >= 0.6 is 22.9 Å². The minimum atomic E-state index is -0.300. The summed E-state index contributed by atoms with van der Waals surface area (Å²) in [6.07, 6.45) is 0.146. The number of thiazole rings is 1. The monoisotopic (exact) mass is 321 g/mol. The SMILES string of the molecule is CCOC(=O)Cc1csc(Nc2ccc(C#N)cc2Cl)n1. The first-order chi connectivity index (χ1) is 10.1. The van der Waals surface area contributed by atoms with Gasteiger partial charge in [-0.3, -0.25) is 4.79 Å². The van der Waals surface area contributed by atoms with Gasteiger partial charge in [0.05, 0.1) is 41.1 Å². The number of esters is 1. The molecule has 1 heterocycles. The molecule has 7 heteroatoms. The summed E-state index contributed by atoms with van der Waals surface area (Å²) in [6.45, 7) is 2.12. The van der Waals surface area contributed by atoms with Crippen LogP contribution in [-0.2, 0) is 16.0 Å². The van der Waals surface area contributed by atoms with Gasteiger partial charge in [-0.15, -0.1) is 11.3 Å². The van der Waals surface area contributed by atoms with Crippen LogP contribution < -0.4 is 5.32 Å². The van der Waals surface area contributed by atoms with Gasteiger partial charge in [0, 0.05) is 5.38 Å². The number of halogens is 1. The topological polar surface area (TPSA) is 75.0 Å². The summed E-state index contributed by atoms with van der Waals surface area (Å²) in [5.74, 6) is -0.300. The molecule has 1 aromatic carbocycles. The summed E-state index contributed by atoms with van der Waals surface area (Å²) in [5, 5.41) is 14.7. The number of aromatic nitrogens is 1. The van der Waals surface area contributed by atoms with Gasteiger partial charge < -0.3 is 10.1 Å². The lowest BCUT2D eigenvalue weighted by Crippen LogP contribution is -2.07. The summed E-state index contributed by atoms with van der Waals surface area (Å²) in [7, 11) is 0. The van der Waals surface area contributed by atoms with Crippen molar-refractivity contribution in [2.75, 3.05) is 11.9 Å². The number of rotatable bonds is 5. The molecular formula is C14H12ClN3O2S. The minimum Gasteiger partial charge on any atom is -0.466 e. The van der Waals surface area contributed by atoms with Crippen LogP contribution in [0.4, 0.5) is 10.8 Å². The molecule has 1 N–H and O–H groups in total. The number of ether oxygens (including phenoxy) is 1. The zero-order chi connectivity index (χ0) is 15.2. The molecule has 0 bridgehead atoms. The first kappa shape index (κ1) is 15.3. The summed E-state index contributed by atoms with van der Waals surface area (Å²) >= 11 is 7.45. The minimum absolute atomic E-state index is 0.146. The molecule has 2 rings (SSSR count). The summed E-state index contributed by atoms with van der Waals surface area (Å²) in [6, 6.07) is 6.98. The Kier molecular flexibility index (Phi) is 5.14. The summed E-state index contributed by atoms with van der Waals surface area (Å²) < 4.78 is 4.87. The first-order valence-corrected chi connectivity index (χ1v) is 7.45. The Bertz CT molecular complexity index is 694.